The smallest absolute Gasteiger partial charge is 0.119 e. The van der Waals surface area contributed by atoms with Crippen LogP contribution >= 0.6 is 8.25 Å². The first kappa shape index (κ1) is 26.0. The van der Waals surface area contributed by atoms with Gasteiger partial charge in [0.15, 0.2) is 0 Å². The minimum Gasteiger partial charge on any atom is -0.119 e. The Hall–Kier alpha value is 0.0200. The van der Waals surface area contributed by atoms with Gasteiger partial charge in [-0.3, -0.25) is 0 Å². The Labute approximate surface area is 165 Å². The molecule has 0 amide bonds. The molecule has 3 nitrogen and oxygen atoms in total. The molecule has 0 heterocycles. The highest BCUT2D eigenvalue weighted by Crippen LogP contribution is 2.23. The van der Waals surface area contributed by atoms with E-state index in [-0.39, 0.29) is 0 Å². The fraction of sp³-hybridized carbons (Fsp3) is 1.00. The molecule has 0 fully saturated rings. The van der Waals surface area contributed by atoms with Crippen LogP contribution in [-0.4, -0.2) is 13.2 Å². The summed E-state index contributed by atoms with van der Waals surface area (Å²) in [6, 6.07) is 0. The first-order valence-electron chi connectivity index (χ1n) is 11.5. The average Bonchev–Trinajstić information content (AvgIpc) is 2.64. The molecule has 0 rings (SSSR count). The summed E-state index contributed by atoms with van der Waals surface area (Å²) < 4.78 is 21.1. The van der Waals surface area contributed by atoms with Gasteiger partial charge < -0.3 is 0 Å². The monoisotopic (exact) mass is 389 g/mol. The second-order valence-electron chi connectivity index (χ2n) is 7.49. The summed E-state index contributed by atoms with van der Waals surface area (Å²) in [6.45, 7) is 5.13. The molecule has 0 aliphatic rings. The molecule has 156 valence electrons. The predicted molar refractivity (Wildman–Crippen MR) is 114 cm³/mol. The van der Waals surface area contributed by atoms with E-state index < -0.39 is 8.25 Å². The maximum atomic E-state index is 11.1. The molecular formula is C22H46O3P+. The Bertz CT molecular complexity index is 285. The van der Waals surface area contributed by atoms with Crippen molar-refractivity contribution in [1.29, 1.82) is 0 Å². The summed E-state index contributed by atoms with van der Waals surface area (Å²) in [6.07, 6.45) is 24.7. The Kier molecular flexibility index (Phi) is 23.1. The second-order valence-corrected chi connectivity index (χ2v) is 8.45. The highest BCUT2D eigenvalue weighted by molar-refractivity contribution is 7.33. The van der Waals surface area contributed by atoms with Gasteiger partial charge in [0.05, 0.1) is 0 Å². The van der Waals surface area contributed by atoms with Gasteiger partial charge in [0.2, 0.25) is 0 Å². The zero-order valence-corrected chi connectivity index (χ0v) is 18.7. The van der Waals surface area contributed by atoms with Crippen molar-refractivity contribution in [2.24, 2.45) is 0 Å². The minimum atomic E-state index is -1.88. The van der Waals surface area contributed by atoms with Crippen molar-refractivity contribution in [2.75, 3.05) is 13.2 Å². The van der Waals surface area contributed by atoms with E-state index in [4.69, 9.17) is 9.05 Å². The molecule has 0 aliphatic carbocycles. The van der Waals surface area contributed by atoms with E-state index in [0.717, 1.165) is 6.42 Å². The van der Waals surface area contributed by atoms with Crippen LogP contribution in [0.2, 0.25) is 0 Å². The molecule has 0 N–H and O–H groups in total. The average molecular weight is 390 g/mol. The summed E-state index contributed by atoms with van der Waals surface area (Å²) in [5.74, 6) is 0. The van der Waals surface area contributed by atoms with Crippen molar-refractivity contribution in [3.05, 3.63) is 0 Å². The Balaban J connectivity index is 3.02. The van der Waals surface area contributed by atoms with E-state index in [1.165, 1.54) is 109 Å². The fourth-order valence-corrected chi connectivity index (χ4v) is 3.85. The molecule has 0 aromatic carbocycles. The quantitative estimate of drug-likeness (QED) is 0.137. The molecule has 0 saturated heterocycles. The van der Waals surface area contributed by atoms with Gasteiger partial charge >= 0.3 is 8.25 Å². The van der Waals surface area contributed by atoms with Crippen molar-refractivity contribution in [1.82, 2.24) is 0 Å². The molecule has 0 saturated carbocycles. The van der Waals surface area contributed by atoms with Gasteiger partial charge in [0, 0.05) is 4.57 Å². The Morgan fingerprint density at radius 2 is 0.846 bits per heavy atom. The summed E-state index contributed by atoms with van der Waals surface area (Å²) in [5, 5.41) is 0. The van der Waals surface area contributed by atoms with Crippen LogP contribution in [0.15, 0.2) is 0 Å². The maximum absolute atomic E-state index is 11.1. The van der Waals surface area contributed by atoms with Crippen LogP contribution in [0.25, 0.3) is 0 Å². The maximum Gasteiger partial charge on any atom is 0.697 e. The van der Waals surface area contributed by atoms with E-state index in [1.54, 1.807) is 0 Å². The van der Waals surface area contributed by atoms with Crippen LogP contribution in [0.4, 0.5) is 0 Å². The van der Waals surface area contributed by atoms with Crippen molar-refractivity contribution in [2.45, 2.75) is 129 Å². The van der Waals surface area contributed by atoms with E-state index >= 15 is 0 Å². The third kappa shape index (κ3) is 22.1. The van der Waals surface area contributed by atoms with Crippen molar-refractivity contribution < 1.29 is 13.6 Å². The highest BCUT2D eigenvalue weighted by atomic mass is 31.1. The third-order valence-corrected chi connectivity index (χ3v) is 5.79. The molecular weight excluding hydrogens is 343 g/mol. The Morgan fingerprint density at radius 1 is 0.500 bits per heavy atom. The van der Waals surface area contributed by atoms with Crippen LogP contribution in [0.1, 0.15) is 129 Å². The van der Waals surface area contributed by atoms with Gasteiger partial charge in [-0.2, -0.15) is 0 Å². The summed E-state index contributed by atoms with van der Waals surface area (Å²) >= 11 is 0. The third-order valence-electron chi connectivity index (χ3n) is 4.93. The standard InChI is InChI=1S/C22H46O3P/c1-3-5-6-7-8-9-10-11-12-13-14-15-16-17-18-19-20-21-22-25-26(23)24-4-2/h3-22H2,1-2H3/q+1. The topological polar surface area (TPSA) is 35.5 Å². The first-order valence-corrected chi connectivity index (χ1v) is 12.6. The SMILES string of the molecule is CCCCCCCCCCCCCCCCCCCCO[P+](=O)OCC. The van der Waals surface area contributed by atoms with Crippen LogP contribution in [0.5, 0.6) is 0 Å². The summed E-state index contributed by atoms with van der Waals surface area (Å²) in [5.41, 5.74) is 0. The van der Waals surface area contributed by atoms with E-state index in [0.29, 0.717) is 13.2 Å². The zero-order chi connectivity index (χ0) is 19.1. The molecule has 0 bridgehead atoms. The zero-order valence-electron chi connectivity index (χ0n) is 17.8. The van der Waals surface area contributed by atoms with Crippen LogP contribution in [0.3, 0.4) is 0 Å². The molecule has 4 heteroatoms. The molecule has 0 aliphatic heterocycles. The largest absolute Gasteiger partial charge is 0.697 e. The lowest BCUT2D eigenvalue weighted by Gasteiger charge is -2.03. The highest BCUT2D eigenvalue weighted by Gasteiger charge is 2.17. The van der Waals surface area contributed by atoms with Crippen molar-refractivity contribution >= 4 is 8.25 Å². The van der Waals surface area contributed by atoms with E-state index in [1.807, 2.05) is 6.92 Å². The Morgan fingerprint density at radius 3 is 1.19 bits per heavy atom. The fourth-order valence-electron chi connectivity index (χ4n) is 3.29. The summed E-state index contributed by atoms with van der Waals surface area (Å²) in [7, 11) is -1.88. The van der Waals surface area contributed by atoms with Gasteiger partial charge in [-0.1, -0.05) is 116 Å². The predicted octanol–water partition coefficient (Wildman–Crippen LogP) is 8.74. The molecule has 1 unspecified atom stereocenters. The van der Waals surface area contributed by atoms with E-state index in [9.17, 15) is 4.57 Å². The molecule has 0 spiro atoms. The number of hydrogen-bond acceptors (Lipinski definition) is 3. The number of unbranched alkanes of at least 4 members (excludes halogenated alkanes) is 17. The molecule has 26 heavy (non-hydrogen) atoms. The second kappa shape index (κ2) is 23.1. The van der Waals surface area contributed by atoms with Crippen LogP contribution in [-0.2, 0) is 13.6 Å². The minimum absolute atomic E-state index is 0.453. The molecule has 1 atom stereocenters. The van der Waals surface area contributed by atoms with Crippen LogP contribution < -0.4 is 0 Å². The van der Waals surface area contributed by atoms with Crippen molar-refractivity contribution in [3.63, 3.8) is 0 Å². The van der Waals surface area contributed by atoms with Gasteiger partial charge in [-0.15, -0.1) is 9.05 Å². The normalized spacial score (nSPS) is 11.8. The lowest BCUT2D eigenvalue weighted by atomic mass is 10.0. The van der Waals surface area contributed by atoms with Gasteiger partial charge in [-0.05, 0) is 13.3 Å². The van der Waals surface area contributed by atoms with Crippen LogP contribution in [0, 0.1) is 0 Å². The first-order chi connectivity index (χ1) is 12.8. The lowest BCUT2D eigenvalue weighted by molar-refractivity contribution is 0.229. The van der Waals surface area contributed by atoms with Gasteiger partial charge in [0.1, 0.15) is 13.2 Å². The summed E-state index contributed by atoms with van der Waals surface area (Å²) in [4.78, 5) is 0. The molecule has 0 aromatic rings. The number of hydrogen-bond donors (Lipinski definition) is 0. The lowest BCUT2D eigenvalue weighted by Crippen LogP contribution is -1.89. The van der Waals surface area contributed by atoms with Gasteiger partial charge in [-0.25, -0.2) is 0 Å². The number of rotatable bonds is 22. The molecule has 0 radical (unpaired) electrons. The molecule has 0 aromatic heterocycles. The van der Waals surface area contributed by atoms with E-state index in [2.05, 4.69) is 6.92 Å². The van der Waals surface area contributed by atoms with Gasteiger partial charge in [0.25, 0.3) is 0 Å². The van der Waals surface area contributed by atoms with Crippen molar-refractivity contribution in [3.8, 4) is 0 Å².